The molecule has 1 atom stereocenters. The van der Waals surface area contributed by atoms with Crippen LogP contribution in [0.25, 0.3) is 0 Å². The van der Waals surface area contributed by atoms with Crippen LogP contribution in [0, 0.1) is 5.92 Å². The number of hydrogen-bond acceptors (Lipinski definition) is 0. The normalized spacial score (nSPS) is 14.6. The van der Waals surface area contributed by atoms with Gasteiger partial charge in [0.1, 0.15) is 0 Å². The Labute approximate surface area is 64.0 Å². The van der Waals surface area contributed by atoms with E-state index in [4.69, 9.17) is 0 Å². The molecule has 0 aromatic rings. The Morgan fingerprint density at radius 2 is 2.10 bits per heavy atom. The molecule has 0 bridgehead atoms. The van der Waals surface area contributed by atoms with Gasteiger partial charge in [0.2, 0.25) is 0 Å². The zero-order chi connectivity index (χ0) is 7.82. The van der Waals surface area contributed by atoms with Gasteiger partial charge in [-0.1, -0.05) is 37.3 Å². The van der Waals surface area contributed by atoms with Crippen LogP contribution in [-0.2, 0) is 0 Å². The zero-order valence-electron chi connectivity index (χ0n) is 6.88. The Morgan fingerprint density at radius 1 is 1.40 bits per heavy atom. The summed E-state index contributed by atoms with van der Waals surface area (Å²) in [7, 11) is 0. The van der Waals surface area contributed by atoms with Gasteiger partial charge in [-0.2, -0.15) is 0 Å². The summed E-state index contributed by atoms with van der Waals surface area (Å²) in [6, 6.07) is 0. The lowest BCUT2D eigenvalue weighted by molar-refractivity contribution is 0.745. The van der Waals surface area contributed by atoms with Crippen molar-refractivity contribution in [2.24, 2.45) is 5.92 Å². The van der Waals surface area contributed by atoms with Crippen molar-refractivity contribution in [3.8, 4) is 0 Å². The van der Waals surface area contributed by atoms with Gasteiger partial charge in [0.25, 0.3) is 0 Å². The maximum atomic E-state index is 3.68. The van der Waals surface area contributed by atoms with E-state index in [1.807, 2.05) is 25.2 Å². The van der Waals surface area contributed by atoms with Crippen molar-refractivity contribution in [3.63, 3.8) is 0 Å². The predicted molar refractivity (Wildman–Crippen MR) is 47.9 cm³/mol. The molecule has 0 aromatic carbocycles. The summed E-state index contributed by atoms with van der Waals surface area (Å²) in [6.45, 7) is 7.88. The van der Waals surface area contributed by atoms with Crippen LogP contribution in [-0.4, -0.2) is 0 Å². The van der Waals surface area contributed by atoms with Crippen molar-refractivity contribution < 1.29 is 0 Å². The molecule has 0 radical (unpaired) electrons. The van der Waals surface area contributed by atoms with Gasteiger partial charge in [-0.05, 0) is 19.3 Å². The Hall–Kier alpha value is -0.780. The quantitative estimate of drug-likeness (QED) is 0.411. The third-order valence-corrected chi connectivity index (χ3v) is 1.28. The monoisotopic (exact) mass is 136 g/mol. The van der Waals surface area contributed by atoms with Crippen molar-refractivity contribution >= 4 is 0 Å². The van der Waals surface area contributed by atoms with Gasteiger partial charge < -0.3 is 0 Å². The molecular formula is C10H16. The first-order valence-electron chi connectivity index (χ1n) is 3.71. The Kier molecular flexibility index (Phi) is 5.85. The summed E-state index contributed by atoms with van der Waals surface area (Å²) in [4.78, 5) is 0. The number of allylic oxidation sites excluding steroid dienone is 5. The fourth-order valence-electron chi connectivity index (χ4n) is 0.706. The molecule has 1 unspecified atom stereocenters. The van der Waals surface area contributed by atoms with Crippen molar-refractivity contribution in [1.82, 2.24) is 0 Å². The minimum absolute atomic E-state index is 0.619. The van der Waals surface area contributed by atoms with Crippen LogP contribution < -0.4 is 0 Å². The van der Waals surface area contributed by atoms with Crippen molar-refractivity contribution in [3.05, 3.63) is 37.0 Å². The van der Waals surface area contributed by atoms with Crippen molar-refractivity contribution in [2.45, 2.75) is 20.3 Å². The fraction of sp³-hybridized carbons (Fsp3) is 0.400. The molecule has 0 rings (SSSR count). The highest BCUT2D eigenvalue weighted by Crippen LogP contribution is 2.03. The lowest BCUT2D eigenvalue weighted by Crippen LogP contribution is -1.83. The third-order valence-electron chi connectivity index (χ3n) is 1.28. The first-order valence-corrected chi connectivity index (χ1v) is 3.71. The molecule has 56 valence electrons. The second-order valence-electron chi connectivity index (χ2n) is 2.41. The van der Waals surface area contributed by atoms with Gasteiger partial charge in [0, 0.05) is 0 Å². The third kappa shape index (κ3) is 5.36. The predicted octanol–water partition coefficient (Wildman–Crippen LogP) is 3.33. The van der Waals surface area contributed by atoms with Gasteiger partial charge in [-0.3, -0.25) is 0 Å². The second kappa shape index (κ2) is 6.34. The smallest absolute Gasteiger partial charge is 0.0224 e. The maximum absolute atomic E-state index is 3.68. The second-order valence-corrected chi connectivity index (χ2v) is 2.41. The summed E-state index contributed by atoms with van der Waals surface area (Å²) in [5, 5.41) is 0. The van der Waals surface area contributed by atoms with Crippen LogP contribution in [0.4, 0.5) is 0 Å². The topological polar surface area (TPSA) is 0 Å². The maximum Gasteiger partial charge on any atom is -0.0224 e. The van der Waals surface area contributed by atoms with Gasteiger partial charge in [0.15, 0.2) is 0 Å². The summed E-state index contributed by atoms with van der Waals surface area (Å²) in [5.41, 5.74) is 0. The van der Waals surface area contributed by atoms with Gasteiger partial charge >= 0.3 is 0 Å². The van der Waals surface area contributed by atoms with Crippen LogP contribution in [0.3, 0.4) is 0 Å². The van der Waals surface area contributed by atoms with Crippen molar-refractivity contribution in [2.75, 3.05) is 0 Å². The molecule has 0 spiro atoms. The summed E-state index contributed by atoms with van der Waals surface area (Å²) >= 11 is 0. The van der Waals surface area contributed by atoms with Crippen LogP contribution in [0.5, 0.6) is 0 Å². The van der Waals surface area contributed by atoms with Gasteiger partial charge in [0.05, 0.1) is 0 Å². The van der Waals surface area contributed by atoms with Crippen LogP contribution in [0.2, 0.25) is 0 Å². The highest BCUT2D eigenvalue weighted by molar-refractivity contribution is 5.03. The lowest BCUT2D eigenvalue weighted by Gasteiger charge is -1.97. The zero-order valence-corrected chi connectivity index (χ0v) is 6.88. The SMILES string of the molecule is C=CCC(C)C=CC=CC. The Balaban J connectivity index is 3.54. The summed E-state index contributed by atoms with van der Waals surface area (Å²) in [5.74, 6) is 0.619. The van der Waals surface area contributed by atoms with Gasteiger partial charge in [-0.25, -0.2) is 0 Å². The van der Waals surface area contributed by atoms with E-state index >= 15 is 0 Å². The molecule has 0 heteroatoms. The van der Waals surface area contributed by atoms with E-state index in [0.717, 1.165) is 6.42 Å². The van der Waals surface area contributed by atoms with Crippen molar-refractivity contribution in [1.29, 1.82) is 0 Å². The molecule has 0 fully saturated rings. The van der Waals surface area contributed by atoms with Crippen LogP contribution >= 0.6 is 0 Å². The molecule has 0 aliphatic heterocycles. The van der Waals surface area contributed by atoms with E-state index in [-0.39, 0.29) is 0 Å². The van der Waals surface area contributed by atoms with E-state index in [9.17, 15) is 0 Å². The first-order chi connectivity index (χ1) is 4.81. The van der Waals surface area contributed by atoms with Crippen LogP contribution in [0.1, 0.15) is 20.3 Å². The molecule has 10 heavy (non-hydrogen) atoms. The molecule has 0 aliphatic carbocycles. The molecule has 0 nitrogen and oxygen atoms in total. The number of hydrogen-bond donors (Lipinski definition) is 0. The molecule has 0 aromatic heterocycles. The molecule has 0 saturated heterocycles. The van der Waals surface area contributed by atoms with E-state index in [1.165, 1.54) is 0 Å². The standard InChI is InChI=1S/C10H16/c1-4-6-7-9-10(3)8-5-2/h4-7,9-10H,2,8H2,1,3H3. The van der Waals surface area contributed by atoms with Gasteiger partial charge in [-0.15, -0.1) is 6.58 Å². The average molecular weight is 136 g/mol. The highest BCUT2D eigenvalue weighted by Gasteiger charge is 1.88. The first kappa shape index (κ1) is 9.22. The minimum Gasteiger partial charge on any atom is -0.103 e. The molecular weight excluding hydrogens is 120 g/mol. The molecule has 0 heterocycles. The molecule has 0 saturated carbocycles. The van der Waals surface area contributed by atoms with E-state index in [0.29, 0.717) is 5.92 Å². The Bertz CT molecular complexity index is 129. The number of rotatable bonds is 4. The minimum atomic E-state index is 0.619. The molecule has 0 N–H and O–H groups in total. The highest BCUT2D eigenvalue weighted by atomic mass is 13.9. The van der Waals surface area contributed by atoms with E-state index < -0.39 is 0 Å². The summed E-state index contributed by atoms with van der Waals surface area (Å²) in [6.07, 6.45) is 11.3. The summed E-state index contributed by atoms with van der Waals surface area (Å²) < 4.78 is 0. The Morgan fingerprint density at radius 3 is 2.60 bits per heavy atom. The lowest BCUT2D eigenvalue weighted by atomic mass is 10.1. The molecule has 0 amide bonds. The van der Waals surface area contributed by atoms with E-state index in [2.05, 4.69) is 25.7 Å². The average Bonchev–Trinajstić information content (AvgIpc) is 1.89. The van der Waals surface area contributed by atoms with E-state index in [1.54, 1.807) is 0 Å². The van der Waals surface area contributed by atoms with Crippen LogP contribution in [0.15, 0.2) is 37.0 Å². The largest absolute Gasteiger partial charge is 0.103 e. The fourth-order valence-corrected chi connectivity index (χ4v) is 0.706. The molecule has 0 aliphatic rings.